The molecule has 0 spiro atoms. The van der Waals surface area contributed by atoms with Gasteiger partial charge in [0.2, 0.25) is 0 Å². The molecule has 1 aliphatic heterocycles. The van der Waals surface area contributed by atoms with Gasteiger partial charge in [0.25, 0.3) is 0 Å². The Labute approximate surface area is 141 Å². The van der Waals surface area contributed by atoms with E-state index < -0.39 is 0 Å². The van der Waals surface area contributed by atoms with E-state index in [9.17, 15) is 0 Å². The normalized spacial score (nSPS) is 18.1. The van der Waals surface area contributed by atoms with Crippen molar-refractivity contribution in [2.75, 3.05) is 57.2 Å². The first-order valence-electron chi connectivity index (χ1n) is 8.64. The molecule has 4 nitrogen and oxygen atoms in total. The minimum Gasteiger partial charge on any atom is -0.383 e. The van der Waals surface area contributed by atoms with Crippen molar-refractivity contribution < 1.29 is 4.74 Å². The number of ether oxygens (including phenoxy) is 1. The van der Waals surface area contributed by atoms with Crippen LogP contribution in [-0.2, 0) is 10.2 Å². The van der Waals surface area contributed by atoms with Gasteiger partial charge in [-0.3, -0.25) is 0 Å². The van der Waals surface area contributed by atoms with Gasteiger partial charge >= 0.3 is 0 Å². The average Bonchev–Trinajstić information content (AvgIpc) is 2.47. The topological polar surface area (TPSA) is 27.7 Å². The Morgan fingerprint density at radius 2 is 1.83 bits per heavy atom. The third kappa shape index (κ3) is 4.85. The summed E-state index contributed by atoms with van der Waals surface area (Å²) in [6.45, 7) is 14.1. The molecule has 0 amide bonds. The van der Waals surface area contributed by atoms with Crippen LogP contribution >= 0.6 is 0 Å². The average molecular weight is 319 g/mol. The zero-order valence-electron chi connectivity index (χ0n) is 15.6. The number of methoxy groups -OCH3 is 1. The lowest BCUT2D eigenvalue weighted by Crippen LogP contribution is -2.44. The van der Waals surface area contributed by atoms with E-state index in [0.29, 0.717) is 12.6 Å². The van der Waals surface area contributed by atoms with Gasteiger partial charge in [-0.15, -0.1) is 0 Å². The van der Waals surface area contributed by atoms with Crippen LogP contribution in [0, 0.1) is 0 Å². The van der Waals surface area contributed by atoms with Gasteiger partial charge < -0.3 is 19.9 Å². The molecule has 1 unspecified atom stereocenters. The summed E-state index contributed by atoms with van der Waals surface area (Å²) in [4.78, 5) is 4.87. The Balaban J connectivity index is 2.25. The summed E-state index contributed by atoms with van der Waals surface area (Å²) in [5.41, 5.74) is 4.03. The predicted octanol–water partition coefficient (Wildman–Crippen LogP) is 3.18. The molecule has 1 aromatic rings. The Morgan fingerprint density at radius 3 is 2.39 bits per heavy atom. The zero-order valence-corrected chi connectivity index (χ0v) is 15.6. The fourth-order valence-electron chi connectivity index (χ4n) is 3.12. The third-order valence-electron chi connectivity index (χ3n) is 4.50. The first kappa shape index (κ1) is 18.1. The molecule has 0 aliphatic carbocycles. The third-order valence-corrected chi connectivity index (χ3v) is 4.50. The summed E-state index contributed by atoms with van der Waals surface area (Å²) >= 11 is 0. The van der Waals surface area contributed by atoms with Crippen LogP contribution in [0.25, 0.3) is 0 Å². The first-order valence-corrected chi connectivity index (χ1v) is 8.64. The van der Waals surface area contributed by atoms with Crippen LogP contribution in [0.15, 0.2) is 18.2 Å². The molecule has 0 bridgehead atoms. The van der Waals surface area contributed by atoms with Crippen molar-refractivity contribution in [3.63, 3.8) is 0 Å². The van der Waals surface area contributed by atoms with E-state index in [1.54, 1.807) is 7.11 Å². The molecular weight excluding hydrogens is 286 g/mol. The summed E-state index contributed by atoms with van der Waals surface area (Å²) in [5.74, 6) is 0. The van der Waals surface area contributed by atoms with E-state index in [0.717, 1.165) is 26.2 Å². The Hall–Kier alpha value is -1.26. The lowest BCUT2D eigenvalue weighted by molar-refractivity contribution is 0.190. The maximum Gasteiger partial charge on any atom is 0.0661 e. The fraction of sp³-hybridized carbons (Fsp3) is 0.684. The molecule has 0 aromatic heterocycles. The van der Waals surface area contributed by atoms with Gasteiger partial charge in [-0.1, -0.05) is 26.8 Å². The molecule has 1 aliphatic rings. The highest BCUT2D eigenvalue weighted by atomic mass is 16.5. The number of hydrogen-bond acceptors (Lipinski definition) is 4. The van der Waals surface area contributed by atoms with Crippen molar-refractivity contribution in [2.24, 2.45) is 0 Å². The van der Waals surface area contributed by atoms with E-state index in [-0.39, 0.29) is 5.41 Å². The number of anilines is 2. The van der Waals surface area contributed by atoms with E-state index >= 15 is 0 Å². The number of nitrogens with zero attached hydrogens (tertiary/aromatic N) is 2. The van der Waals surface area contributed by atoms with E-state index in [2.05, 4.69) is 68.1 Å². The molecule has 0 radical (unpaired) electrons. The van der Waals surface area contributed by atoms with Crippen LogP contribution in [0.5, 0.6) is 0 Å². The molecule has 2 rings (SSSR count). The van der Waals surface area contributed by atoms with Crippen LogP contribution in [-0.4, -0.2) is 57.9 Å². The Morgan fingerprint density at radius 1 is 1.17 bits per heavy atom. The minimum absolute atomic E-state index is 0.121. The SMILES string of the molecule is COCC(C)Nc1cc(N2CCN(C)CC2)ccc1C(C)(C)C. The highest BCUT2D eigenvalue weighted by Gasteiger charge is 2.21. The van der Waals surface area contributed by atoms with Gasteiger partial charge in [-0.2, -0.15) is 0 Å². The van der Waals surface area contributed by atoms with E-state index in [1.807, 2.05) is 0 Å². The lowest BCUT2D eigenvalue weighted by atomic mass is 9.85. The second-order valence-corrected chi connectivity index (χ2v) is 7.77. The number of benzene rings is 1. The van der Waals surface area contributed by atoms with Crippen LogP contribution in [0.1, 0.15) is 33.3 Å². The number of hydrogen-bond donors (Lipinski definition) is 1. The van der Waals surface area contributed by atoms with Crippen molar-refractivity contribution >= 4 is 11.4 Å². The molecule has 0 saturated carbocycles. The van der Waals surface area contributed by atoms with Gasteiger partial charge in [-0.05, 0) is 37.1 Å². The molecule has 4 heteroatoms. The molecule has 1 saturated heterocycles. The van der Waals surface area contributed by atoms with Crippen molar-refractivity contribution in [1.82, 2.24) is 4.90 Å². The zero-order chi connectivity index (χ0) is 17.0. The highest BCUT2D eigenvalue weighted by Crippen LogP contribution is 2.33. The monoisotopic (exact) mass is 319 g/mol. The summed E-state index contributed by atoms with van der Waals surface area (Å²) in [5, 5.41) is 3.64. The van der Waals surface area contributed by atoms with Crippen LogP contribution in [0.2, 0.25) is 0 Å². The predicted molar refractivity (Wildman–Crippen MR) is 99.8 cm³/mol. The van der Waals surface area contributed by atoms with Gasteiger partial charge in [0.15, 0.2) is 0 Å². The standard InChI is InChI=1S/C19H33N3O/c1-15(14-23-6)20-18-13-16(7-8-17(18)19(2,3)4)22-11-9-21(5)10-12-22/h7-8,13,15,20H,9-12,14H2,1-6H3. The highest BCUT2D eigenvalue weighted by molar-refractivity contribution is 5.64. The fourth-order valence-corrected chi connectivity index (χ4v) is 3.12. The second kappa shape index (κ2) is 7.54. The second-order valence-electron chi connectivity index (χ2n) is 7.77. The van der Waals surface area contributed by atoms with Gasteiger partial charge in [0, 0.05) is 50.7 Å². The number of piperazine rings is 1. The quantitative estimate of drug-likeness (QED) is 0.902. The first-order chi connectivity index (χ1) is 10.8. The Kier molecular flexibility index (Phi) is 5.93. The maximum absolute atomic E-state index is 5.28. The largest absolute Gasteiger partial charge is 0.383 e. The van der Waals surface area contributed by atoms with Gasteiger partial charge in [0.05, 0.1) is 6.61 Å². The summed E-state index contributed by atoms with van der Waals surface area (Å²) in [6.07, 6.45) is 0. The number of nitrogens with one attached hydrogen (secondary N) is 1. The number of likely N-dealkylation sites (N-methyl/N-ethyl adjacent to an activating group) is 1. The van der Waals surface area contributed by atoms with Crippen molar-refractivity contribution in [3.8, 4) is 0 Å². The van der Waals surface area contributed by atoms with E-state index in [4.69, 9.17) is 4.74 Å². The molecule has 1 N–H and O–H groups in total. The van der Waals surface area contributed by atoms with Gasteiger partial charge in [-0.25, -0.2) is 0 Å². The molecule has 1 heterocycles. The maximum atomic E-state index is 5.28. The van der Waals surface area contributed by atoms with Crippen molar-refractivity contribution in [1.29, 1.82) is 0 Å². The van der Waals surface area contributed by atoms with E-state index in [1.165, 1.54) is 16.9 Å². The smallest absolute Gasteiger partial charge is 0.0661 e. The van der Waals surface area contributed by atoms with Crippen LogP contribution < -0.4 is 10.2 Å². The molecule has 130 valence electrons. The Bertz CT molecular complexity index is 502. The summed E-state index contributed by atoms with van der Waals surface area (Å²) in [6, 6.07) is 7.18. The van der Waals surface area contributed by atoms with Crippen molar-refractivity contribution in [2.45, 2.75) is 39.2 Å². The molecule has 23 heavy (non-hydrogen) atoms. The molecule has 1 fully saturated rings. The molecule has 1 aromatic carbocycles. The minimum atomic E-state index is 0.121. The molecule has 1 atom stereocenters. The van der Waals surface area contributed by atoms with Crippen LogP contribution in [0.3, 0.4) is 0 Å². The van der Waals surface area contributed by atoms with Gasteiger partial charge in [0.1, 0.15) is 0 Å². The van der Waals surface area contributed by atoms with Crippen molar-refractivity contribution in [3.05, 3.63) is 23.8 Å². The summed E-state index contributed by atoms with van der Waals surface area (Å²) < 4.78 is 5.28. The number of rotatable bonds is 5. The summed E-state index contributed by atoms with van der Waals surface area (Å²) in [7, 11) is 3.95. The molecular formula is C19H33N3O. The van der Waals surface area contributed by atoms with Crippen LogP contribution in [0.4, 0.5) is 11.4 Å². The lowest BCUT2D eigenvalue weighted by Gasteiger charge is -2.35.